The van der Waals surface area contributed by atoms with Gasteiger partial charge < -0.3 is 9.88 Å². The Morgan fingerprint density at radius 1 is 0.456 bits per heavy atom. The number of hydrogen-bond acceptors (Lipinski definition) is 4. The van der Waals surface area contributed by atoms with Gasteiger partial charge in [-0.15, -0.1) is 11.3 Å². The number of amidine groups is 2. The van der Waals surface area contributed by atoms with Gasteiger partial charge in [-0.2, -0.15) is 0 Å². The molecule has 1 unspecified atom stereocenters. The van der Waals surface area contributed by atoms with Gasteiger partial charge >= 0.3 is 0 Å². The van der Waals surface area contributed by atoms with E-state index >= 15 is 0 Å². The van der Waals surface area contributed by atoms with Gasteiger partial charge in [0, 0.05) is 64.0 Å². The number of hydrogen-bond donors (Lipinski definition) is 1. The molecule has 1 N–H and O–H groups in total. The molecule has 0 saturated carbocycles. The quantitative estimate of drug-likeness (QED) is 0.192. The Morgan fingerprint density at radius 2 is 1.11 bits per heavy atom. The first-order valence-electron chi connectivity index (χ1n) is 19.4. The summed E-state index contributed by atoms with van der Waals surface area (Å²) in [5, 5.41) is 11.2. The summed E-state index contributed by atoms with van der Waals surface area (Å²) < 4.78 is 7.50. The van der Waals surface area contributed by atoms with Crippen LogP contribution >= 0.6 is 11.3 Å². The molecule has 11 aromatic rings. The number of benzene rings is 8. The van der Waals surface area contributed by atoms with Gasteiger partial charge in [-0.05, 0) is 47.5 Å². The van der Waals surface area contributed by atoms with Crippen molar-refractivity contribution in [1.29, 1.82) is 0 Å². The topological polar surface area (TPSA) is 46.6 Å². The number of thiophene rings is 1. The number of nitrogens with one attached hydrogen (secondary N) is 1. The van der Waals surface area contributed by atoms with E-state index in [1.165, 1.54) is 80.7 Å². The molecule has 5 heterocycles. The zero-order valence-corrected chi connectivity index (χ0v) is 31.3. The van der Waals surface area contributed by atoms with Crippen LogP contribution in [0.3, 0.4) is 0 Å². The molecular weight excluding hydrogens is 715 g/mol. The maximum Gasteiger partial charge on any atom is 0.204 e. The van der Waals surface area contributed by atoms with E-state index in [2.05, 4.69) is 184 Å². The van der Waals surface area contributed by atoms with E-state index in [-0.39, 0.29) is 0 Å². The summed E-state index contributed by atoms with van der Waals surface area (Å²) in [4.78, 5) is 10.8. The molecule has 266 valence electrons. The Bertz CT molecular complexity index is 3560. The predicted molar refractivity (Wildman–Crippen MR) is 239 cm³/mol. The van der Waals surface area contributed by atoms with Gasteiger partial charge in [-0.25, -0.2) is 9.98 Å². The second-order valence-electron chi connectivity index (χ2n) is 15.0. The van der Waals surface area contributed by atoms with Crippen molar-refractivity contribution in [1.82, 2.24) is 14.5 Å². The van der Waals surface area contributed by atoms with Gasteiger partial charge in [0.1, 0.15) is 5.84 Å². The highest BCUT2D eigenvalue weighted by Crippen LogP contribution is 2.49. The Balaban J connectivity index is 1.13. The third kappa shape index (κ3) is 4.33. The Labute approximate surface area is 331 Å². The smallest absolute Gasteiger partial charge is 0.204 e. The van der Waals surface area contributed by atoms with Gasteiger partial charge in [-0.3, -0.25) is 4.57 Å². The van der Waals surface area contributed by atoms with E-state index in [4.69, 9.17) is 9.98 Å². The van der Waals surface area contributed by atoms with Crippen molar-refractivity contribution in [2.24, 2.45) is 9.98 Å². The molecule has 0 spiro atoms. The fourth-order valence-corrected chi connectivity index (χ4v) is 10.6. The number of nitrogens with zero attached hydrogens (tertiary/aromatic N) is 4. The van der Waals surface area contributed by atoms with E-state index in [1.54, 1.807) is 0 Å². The summed E-state index contributed by atoms with van der Waals surface area (Å²) in [5.74, 6) is 1.50. The van der Waals surface area contributed by atoms with E-state index in [9.17, 15) is 0 Å². The molecule has 3 aromatic heterocycles. The Morgan fingerprint density at radius 3 is 1.98 bits per heavy atom. The standard InChI is InChI=1S/C51H31N5S/c1-2-13-30(14-3-1)49-52-50(31-25-28-45-41(29-31)36-19-8-11-24-44(36)57-45)54-51(53-49)56-43-23-10-7-18-35(43)39-26-27-40-38-21-12-20-37-33-16-5-4-15-32(33)34-17-6-9-22-42(34)55(46(37)38)47(40)48(39)56/h1-29,51H,(H,52,53,54). The second-order valence-corrected chi connectivity index (χ2v) is 16.0. The summed E-state index contributed by atoms with van der Waals surface area (Å²) in [6.45, 7) is 0. The van der Waals surface area contributed by atoms with E-state index < -0.39 is 6.29 Å². The van der Waals surface area contributed by atoms with Crippen LogP contribution < -0.4 is 5.32 Å². The number of para-hydroxylation sites is 3. The van der Waals surface area contributed by atoms with Crippen LogP contribution in [0.4, 0.5) is 0 Å². The summed E-state index contributed by atoms with van der Waals surface area (Å²) in [6.07, 6.45) is -0.501. The van der Waals surface area contributed by atoms with Crippen molar-refractivity contribution in [3.63, 3.8) is 0 Å². The van der Waals surface area contributed by atoms with Crippen LogP contribution in [0.5, 0.6) is 0 Å². The molecule has 5 nitrogen and oxygen atoms in total. The fraction of sp³-hybridized carbons (Fsp3) is 0.0196. The highest BCUT2D eigenvalue weighted by atomic mass is 32.1. The lowest BCUT2D eigenvalue weighted by Crippen LogP contribution is -2.36. The summed E-state index contributed by atoms with van der Waals surface area (Å²) in [5.41, 5.74) is 12.7. The SMILES string of the molecule is c1ccc(C2=NC(n3c4ccccc4c4ccc5c6cccc7c6n(c5c43)-c3ccccc3-c3ccccc3-7)NC(c3ccc4sc5ccccc5c4c3)=N2)cc1. The van der Waals surface area contributed by atoms with Crippen molar-refractivity contribution >= 4 is 86.8 Å². The number of aliphatic imine (C=N–C) groups is 2. The molecular formula is C51H31N5S. The lowest BCUT2D eigenvalue weighted by Gasteiger charge is -2.26. The zero-order valence-electron chi connectivity index (χ0n) is 30.5. The van der Waals surface area contributed by atoms with Crippen LogP contribution in [-0.2, 0) is 0 Å². The minimum Gasteiger partial charge on any atom is -0.331 e. The molecule has 0 fully saturated rings. The van der Waals surface area contributed by atoms with Crippen LogP contribution in [0, 0.1) is 0 Å². The van der Waals surface area contributed by atoms with Crippen molar-refractivity contribution in [2.45, 2.75) is 6.29 Å². The van der Waals surface area contributed by atoms with Crippen molar-refractivity contribution in [3.8, 4) is 27.9 Å². The molecule has 2 aliphatic rings. The average Bonchev–Trinajstić information content (AvgIpc) is 3.91. The lowest BCUT2D eigenvalue weighted by atomic mass is 9.94. The second kappa shape index (κ2) is 11.6. The summed E-state index contributed by atoms with van der Waals surface area (Å²) in [6, 6.07) is 63.6. The van der Waals surface area contributed by atoms with Crippen molar-refractivity contribution in [2.75, 3.05) is 0 Å². The van der Waals surface area contributed by atoms with Crippen molar-refractivity contribution in [3.05, 3.63) is 187 Å². The molecule has 57 heavy (non-hydrogen) atoms. The molecule has 0 amide bonds. The van der Waals surface area contributed by atoms with Crippen LogP contribution in [0.15, 0.2) is 186 Å². The molecule has 0 aliphatic carbocycles. The fourth-order valence-electron chi connectivity index (χ4n) is 9.50. The van der Waals surface area contributed by atoms with E-state index in [0.29, 0.717) is 5.84 Å². The Hall–Kier alpha value is -7.28. The molecule has 1 atom stereocenters. The number of fused-ring (bicyclic) bond motifs is 15. The highest BCUT2D eigenvalue weighted by molar-refractivity contribution is 7.25. The van der Waals surface area contributed by atoms with Gasteiger partial charge in [0.15, 0.2) is 5.84 Å². The first-order valence-corrected chi connectivity index (χ1v) is 20.2. The van der Waals surface area contributed by atoms with E-state index in [0.717, 1.165) is 28.0 Å². The van der Waals surface area contributed by atoms with Crippen LogP contribution in [0.25, 0.3) is 91.7 Å². The largest absolute Gasteiger partial charge is 0.331 e. The maximum absolute atomic E-state index is 5.49. The monoisotopic (exact) mass is 745 g/mol. The van der Waals surface area contributed by atoms with Gasteiger partial charge in [-0.1, -0.05) is 140 Å². The van der Waals surface area contributed by atoms with Crippen LogP contribution in [-0.4, -0.2) is 20.8 Å². The molecule has 2 aliphatic heterocycles. The molecule has 8 aromatic carbocycles. The summed E-state index contributed by atoms with van der Waals surface area (Å²) >= 11 is 1.83. The molecule has 0 bridgehead atoms. The third-order valence-electron chi connectivity index (χ3n) is 11.9. The van der Waals surface area contributed by atoms with E-state index in [1.807, 2.05) is 17.4 Å². The minimum atomic E-state index is -0.501. The van der Waals surface area contributed by atoms with Crippen LogP contribution in [0.2, 0.25) is 0 Å². The predicted octanol–water partition coefficient (Wildman–Crippen LogP) is 12.9. The summed E-state index contributed by atoms with van der Waals surface area (Å²) in [7, 11) is 0. The highest BCUT2D eigenvalue weighted by Gasteiger charge is 2.30. The molecule has 13 rings (SSSR count). The molecule has 0 saturated heterocycles. The van der Waals surface area contributed by atoms with Crippen LogP contribution in [0.1, 0.15) is 17.4 Å². The lowest BCUT2D eigenvalue weighted by molar-refractivity contribution is 0.516. The Kier molecular flexibility index (Phi) is 6.31. The maximum atomic E-state index is 5.49. The van der Waals surface area contributed by atoms with Crippen molar-refractivity contribution < 1.29 is 0 Å². The first kappa shape index (κ1) is 31.0. The van der Waals surface area contributed by atoms with Gasteiger partial charge in [0.2, 0.25) is 6.29 Å². The average molecular weight is 746 g/mol. The molecule has 0 radical (unpaired) electrons. The zero-order chi connectivity index (χ0) is 37.2. The number of rotatable bonds is 3. The minimum absolute atomic E-state index is 0.501. The van der Waals surface area contributed by atoms with Gasteiger partial charge in [0.05, 0.1) is 27.8 Å². The number of aromatic nitrogens is 2. The third-order valence-corrected chi connectivity index (χ3v) is 13.1. The molecule has 6 heteroatoms. The van der Waals surface area contributed by atoms with Gasteiger partial charge in [0.25, 0.3) is 0 Å². The first-order chi connectivity index (χ1) is 28.3. The normalized spacial score (nSPS) is 14.8.